The van der Waals surface area contributed by atoms with E-state index in [-0.39, 0.29) is 6.07 Å². The zero-order valence-electron chi connectivity index (χ0n) is 14.0. The second-order valence-corrected chi connectivity index (χ2v) is 5.58. The van der Waals surface area contributed by atoms with E-state index in [2.05, 4.69) is 4.74 Å². The molecule has 2 unspecified atom stereocenters. The highest BCUT2D eigenvalue weighted by atomic mass is 19.4. The summed E-state index contributed by atoms with van der Waals surface area (Å²) in [6.07, 6.45) is -37.3. The second kappa shape index (κ2) is 7.52. The van der Waals surface area contributed by atoms with Crippen molar-refractivity contribution in [1.82, 2.24) is 4.98 Å². The van der Waals surface area contributed by atoms with Gasteiger partial charge < -0.3 is 4.98 Å². The maximum atomic E-state index is 14.2. The maximum Gasteiger partial charge on any atom is 0.462 e. The first-order chi connectivity index (χ1) is 13.8. The lowest BCUT2D eigenvalue weighted by atomic mass is 10.2. The van der Waals surface area contributed by atoms with Gasteiger partial charge in [-0.1, -0.05) is 0 Å². The lowest BCUT2D eigenvalue weighted by Crippen LogP contribution is -2.66. The van der Waals surface area contributed by atoms with Gasteiger partial charge in [-0.15, -0.1) is 0 Å². The molecule has 0 aliphatic carbocycles. The van der Waals surface area contributed by atoms with Gasteiger partial charge in [0.25, 0.3) is 0 Å². The first-order valence-electron chi connectivity index (χ1n) is 7.02. The van der Waals surface area contributed by atoms with Gasteiger partial charge >= 0.3 is 48.4 Å². The number of rotatable bonds is 7. The minimum atomic E-state index is -7.88. The average Bonchev–Trinajstić information content (AvgIpc) is 3.05. The van der Waals surface area contributed by atoms with Crippen molar-refractivity contribution in [2.45, 2.75) is 48.4 Å². The Labute approximate surface area is 163 Å². The normalized spacial score (nSPS) is 18.9. The van der Waals surface area contributed by atoms with E-state index in [0.717, 1.165) is 0 Å². The van der Waals surface area contributed by atoms with E-state index in [1.165, 1.54) is 9.72 Å². The molecular formula is C12H4F17NO2. The van der Waals surface area contributed by atoms with Crippen molar-refractivity contribution in [1.29, 1.82) is 0 Å². The molecule has 0 aromatic carbocycles. The summed E-state index contributed by atoms with van der Waals surface area (Å²) in [4.78, 5) is 1.17. The van der Waals surface area contributed by atoms with Crippen LogP contribution in [0, 0.1) is 0 Å². The summed E-state index contributed by atoms with van der Waals surface area (Å²) in [5, 5.41) is 0. The Morgan fingerprint density at radius 3 is 1.34 bits per heavy atom. The van der Waals surface area contributed by atoms with Gasteiger partial charge in [-0.25, -0.2) is 0 Å². The van der Waals surface area contributed by atoms with Gasteiger partial charge in [0, 0.05) is 6.20 Å². The lowest BCUT2D eigenvalue weighted by Gasteiger charge is -2.40. The third kappa shape index (κ3) is 4.42. The number of alkyl halides is 17. The number of halogens is 17. The molecule has 32 heavy (non-hydrogen) atoms. The number of aromatic amines is 1. The Balaban J connectivity index is 3.63. The number of nitrogens with one attached hydrogen (secondary N) is 1. The minimum absolute atomic E-state index is 0.121. The molecule has 0 bridgehead atoms. The van der Waals surface area contributed by atoms with Crippen molar-refractivity contribution in [2.24, 2.45) is 0 Å². The molecule has 3 nitrogen and oxygen atoms in total. The molecule has 0 saturated heterocycles. The summed E-state index contributed by atoms with van der Waals surface area (Å²) in [6.45, 7) is 0. The number of hydrogen-bond donors (Lipinski definition) is 1. The van der Waals surface area contributed by atoms with E-state index in [9.17, 15) is 74.6 Å². The zero-order valence-corrected chi connectivity index (χ0v) is 14.0. The molecule has 0 radical (unpaired) electrons. The van der Waals surface area contributed by atoms with E-state index in [1.807, 2.05) is 0 Å². The van der Waals surface area contributed by atoms with Gasteiger partial charge in [-0.2, -0.15) is 74.6 Å². The van der Waals surface area contributed by atoms with Crippen LogP contribution in [0.25, 0.3) is 0 Å². The van der Waals surface area contributed by atoms with Crippen molar-refractivity contribution in [3.63, 3.8) is 0 Å². The van der Waals surface area contributed by atoms with Crippen molar-refractivity contribution in [3.05, 3.63) is 24.0 Å². The lowest BCUT2D eigenvalue weighted by molar-refractivity contribution is -0.554. The van der Waals surface area contributed by atoms with Crippen molar-refractivity contribution in [3.8, 4) is 0 Å². The van der Waals surface area contributed by atoms with Gasteiger partial charge in [0.05, 0.1) is 5.69 Å². The molecule has 0 aliphatic heterocycles. The molecule has 1 aromatic rings. The van der Waals surface area contributed by atoms with Crippen LogP contribution >= 0.6 is 0 Å². The molecule has 0 aliphatic rings. The smallest absolute Gasteiger partial charge is 0.360 e. The number of ether oxygens (including phenoxy) is 2. The van der Waals surface area contributed by atoms with Crippen LogP contribution in [0.2, 0.25) is 0 Å². The van der Waals surface area contributed by atoms with Crippen LogP contribution in [0.5, 0.6) is 0 Å². The van der Waals surface area contributed by atoms with Gasteiger partial charge in [0.15, 0.2) is 0 Å². The highest BCUT2D eigenvalue weighted by molar-refractivity contribution is 5.14. The van der Waals surface area contributed by atoms with Gasteiger partial charge in [-0.3, -0.25) is 9.47 Å². The van der Waals surface area contributed by atoms with Crippen LogP contribution in [0.15, 0.2) is 18.3 Å². The highest BCUT2D eigenvalue weighted by Crippen LogP contribution is 2.57. The molecule has 1 heterocycles. The minimum Gasteiger partial charge on any atom is -0.360 e. The number of H-pyrrole nitrogens is 1. The van der Waals surface area contributed by atoms with Crippen LogP contribution in [0.4, 0.5) is 74.6 Å². The second-order valence-electron chi connectivity index (χ2n) is 5.58. The molecule has 188 valence electrons. The van der Waals surface area contributed by atoms with E-state index in [4.69, 9.17) is 0 Å². The number of aromatic nitrogens is 1. The van der Waals surface area contributed by atoms with Crippen molar-refractivity contribution in [2.75, 3.05) is 0 Å². The Kier molecular flexibility index (Phi) is 6.59. The van der Waals surface area contributed by atoms with Gasteiger partial charge in [0.1, 0.15) is 0 Å². The van der Waals surface area contributed by atoms with Crippen LogP contribution in [-0.2, 0) is 15.3 Å². The number of hydrogen-bond acceptors (Lipinski definition) is 2. The molecule has 20 heteroatoms. The van der Waals surface area contributed by atoms with Crippen LogP contribution < -0.4 is 0 Å². The summed E-state index contributed by atoms with van der Waals surface area (Å²) in [6, 6.07) is 0.280. The molecule has 1 aromatic heterocycles. The monoisotopic (exact) mass is 517 g/mol. The fraction of sp³-hybridized carbons (Fsp3) is 0.667. The molecule has 0 spiro atoms. The molecule has 0 fully saturated rings. The van der Waals surface area contributed by atoms with Crippen LogP contribution in [0.3, 0.4) is 0 Å². The molecular weight excluding hydrogens is 513 g/mol. The molecule has 1 N–H and O–H groups in total. The molecule has 2 atom stereocenters. The zero-order chi connectivity index (χ0) is 25.8. The third-order valence-corrected chi connectivity index (χ3v) is 3.31. The van der Waals surface area contributed by atoms with Crippen LogP contribution in [-0.4, -0.2) is 47.5 Å². The van der Waals surface area contributed by atoms with Crippen molar-refractivity contribution < 1.29 is 84.1 Å². The first-order valence-corrected chi connectivity index (χ1v) is 7.02. The van der Waals surface area contributed by atoms with Gasteiger partial charge in [0.2, 0.25) is 0 Å². The average molecular weight is 517 g/mol. The predicted octanol–water partition coefficient (Wildman–Crippen LogP) is 6.34. The summed E-state index contributed by atoms with van der Waals surface area (Å²) in [5.41, 5.74) is -2.23. The fourth-order valence-electron chi connectivity index (χ4n) is 1.73. The maximum absolute atomic E-state index is 14.2. The highest BCUT2D eigenvalue weighted by Gasteiger charge is 2.85. The summed E-state index contributed by atoms with van der Waals surface area (Å²) >= 11 is 0. The Hall–Kier alpha value is -1.99. The Morgan fingerprint density at radius 2 is 1.03 bits per heavy atom. The Bertz CT molecular complexity index is 779. The SMILES string of the molecule is FC(F)(F)C(F)(OC(F)(F)C(F)(OC(F)(F)C(F)(F)C(F)(F)F)C(F)(F)F)c1ccc[nH]1. The van der Waals surface area contributed by atoms with E-state index in [0.29, 0.717) is 12.3 Å². The van der Waals surface area contributed by atoms with E-state index >= 15 is 0 Å². The topological polar surface area (TPSA) is 34.2 Å². The quantitative estimate of drug-likeness (QED) is 0.429. The van der Waals surface area contributed by atoms with E-state index < -0.39 is 54.1 Å². The van der Waals surface area contributed by atoms with E-state index in [1.54, 1.807) is 0 Å². The molecule has 1 rings (SSSR count). The summed E-state index contributed by atoms with van der Waals surface area (Å²) in [7, 11) is 0. The summed E-state index contributed by atoms with van der Waals surface area (Å²) < 4.78 is 223. The molecule has 0 amide bonds. The summed E-state index contributed by atoms with van der Waals surface area (Å²) in [5.74, 6) is -21.9. The van der Waals surface area contributed by atoms with Gasteiger partial charge in [-0.05, 0) is 12.1 Å². The molecule has 0 saturated carbocycles. The fourth-order valence-corrected chi connectivity index (χ4v) is 1.73. The largest absolute Gasteiger partial charge is 0.462 e. The van der Waals surface area contributed by atoms with Crippen molar-refractivity contribution >= 4 is 0 Å². The Morgan fingerprint density at radius 1 is 0.562 bits per heavy atom. The van der Waals surface area contributed by atoms with Crippen LogP contribution in [0.1, 0.15) is 5.69 Å². The third-order valence-electron chi connectivity index (χ3n) is 3.31. The standard InChI is InChI=1S/C12H4F17NO2/c13-5(8(17,18)19,4-2-1-3-30-4)31-12(28,29)7(16,10(23,24)25)32-11(26,27)6(14,15)9(20,21)22/h1-3,30H. The predicted molar refractivity (Wildman–Crippen MR) is 62.6 cm³/mol. The first kappa shape index (κ1) is 28.0.